The summed E-state index contributed by atoms with van der Waals surface area (Å²) < 4.78 is 27.2. The Hall–Kier alpha value is -1.44. The first-order valence-corrected chi connectivity index (χ1v) is 9.61. The van der Waals surface area contributed by atoms with E-state index in [2.05, 4.69) is 10.6 Å². The maximum absolute atomic E-state index is 12.9. The third-order valence-electron chi connectivity index (χ3n) is 4.48. The van der Waals surface area contributed by atoms with E-state index in [-0.39, 0.29) is 16.4 Å². The fraction of sp³-hybridized carbons (Fsp3) is 0.562. The van der Waals surface area contributed by atoms with E-state index in [1.165, 1.54) is 10.4 Å². The summed E-state index contributed by atoms with van der Waals surface area (Å²) in [6, 6.07) is 6.49. The molecule has 7 heteroatoms. The van der Waals surface area contributed by atoms with Crippen molar-refractivity contribution < 1.29 is 13.2 Å². The summed E-state index contributed by atoms with van der Waals surface area (Å²) in [5, 5.41) is 6.00. The second kappa shape index (κ2) is 6.98. The Morgan fingerprint density at radius 3 is 2.52 bits per heavy atom. The minimum atomic E-state index is -3.61. The van der Waals surface area contributed by atoms with E-state index in [1.807, 2.05) is 0 Å². The molecule has 0 saturated carbocycles. The maximum Gasteiger partial charge on any atom is 0.252 e. The molecule has 1 aromatic rings. The van der Waals surface area contributed by atoms with Gasteiger partial charge < -0.3 is 10.6 Å². The highest BCUT2D eigenvalue weighted by Gasteiger charge is 2.30. The Kier molecular flexibility index (Phi) is 4.99. The number of nitrogens with zero attached hydrogens (tertiary/aromatic N) is 1. The van der Waals surface area contributed by atoms with Gasteiger partial charge in [-0.05, 0) is 25.0 Å². The molecule has 2 heterocycles. The lowest BCUT2D eigenvalue weighted by atomic mass is 10.0. The number of benzene rings is 1. The molecule has 2 aliphatic rings. The number of nitrogens with one attached hydrogen (secondary N) is 2. The summed E-state index contributed by atoms with van der Waals surface area (Å²) in [5.74, 6) is 0.123. The number of carbonyl (C=O) groups excluding carboxylic acids is 1. The standard InChI is InChI=1S/C16H23N3O3S/c20-16(18-12-13-10-17-11-13)14-6-2-3-7-15(14)23(21,22)19-8-4-1-5-9-19/h2-3,6-7,13,17H,1,4-5,8-12H2,(H,18,20). The molecule has 126 valence electrons. The number of sulfonamides is 1. The highest BCUT2D eigenvalue weighted by Crippen LogP contribution is 2.23. The summed E-state index contributed by atoms with van der Waals surface area (Å²) in [6.45, 7) is 3.43. The lowest BCUT2D eigenvalue weighted by Gasteiger charge is -2.28. The van der Waals surface area contributed by atoms with Crippen LogP contribution in [0.3, 0.4) is 0 Å². The summed E-state index contributed by atoms with van der Waals surface area (Å²) in [7, 11) is -3.61. The molecule has 2 N–H and O–H groups in total. The van der Waals surface area contributed by atoms with Gasteiger partial charge in [-0.25, -0.2) is 8.42 Å². The average molecular weight is 337 g/mol. The van der Waals surface area contributed by atoms with Crippen LogP contribution in [-0.2, 0) is 10.0 Å². The molecule has 1 aromatic carbocycles. The second-order valence-electron chi connectivity index (χ2n) is 6.20. The molecule has 2 aliphatic heterocycles. The molecule has 23 heavy (non-hydrogen) atoms. The van der Waals surface area contributed by atoms with Gasteiger partial charge in [-0.1, -0.05) is 18.6 Å². The van der Waals surface area contributed by atoms with Crippen LogP contribution in [0, 0.1) is 5.92 Å². The van der Waals surface area contributed by atoms with Gasteiger partial charge in [0.15, 0.2) is 0 Å². The summed E-state index contributed by atoms with van der Waals surface area (Å²) in [4.78, 5) is 12.5. The number of amides is 1. The first kappa shape index (κ1) is 16.4. The van der Waals surface area contributed by atoms with Crippen molar-refractivity contribution in [1.29, 1.82) is 0 Å². The van der Waals surface area contributed by atoms with Gasteiger partial charge in [-0.3, -0.25) is 4.79 Å². The number of carbonyl (C=O) groups is 1. The second-order valence-corrected chi connectivity index (χ2v) is 8.10. The van der Waals surface area contributed by atoms with Crippen molar-refractivity contribution in [3.63, 3.8) is 0 Å². The molecule has 0 aliphatic carbocycles. The van der Waals surface area contributed by atoms with Crippen molar-refractivity contribution >= 4 is 15.9 Å². The number of rotatable bonds is 5. The van der Waals surface area contributed by atoms with Gasteiger partial charge in [0.2, 0.25) is 10.0 Å². The van der Waals surface area contributed by atoms with E-state index in [9.17, 15) is 13.2 Å². The lowest BCUT2D eigenvalue weighted by Crippen LogP contribution is -2.48. The number of hydrogen-bond acceptors (Lipinski definition) is 4. The smallest absolute Gasteiger partial charge is 0.252 e. The molecule has 2 saturated heterocycles. The van der Waals surface area contributed by atoms with E-state index in [1.54, 1.807) is 18.2 Å². The van der Waals surface area contributed by atoms with E-state index in [0.717, 1.165) is 32.4 Å². The van der Waals surface area contributed by atoms with Crippen LogP contribution < -0.4 is 10.6 Å². The molecule has 2 fully saturated rings. The maximum atomic E-state index is 12.9. The number of piperidine rings is 1. The quantitative estimate of drug-likeness (QED) is 0.833. The van der Waals surface area contributed by atoms with Crippen LogP contribution in [0.1, 0.15) is 29.6 Å². The van der Waals surface area contributed by atoms with Crippen molar-refractivity contribution in [2.75, 3.05) is 32.7 Å². The van der Waals surface area contributed by atoms with Crippen LogP contribution >= 0.6 is 0 Å². The SMILES string of the molecule is O=C(NCC1CNC1)c1ccccc1S(=O)(=O)N1CCCCC1. The molecule has 0 bridgehead atoms. The third-order valence-corrected chi connectivity index (χ3v) is 6.44. The van der Waals surface area contributed by atoms with Crippen LogP contribution in [0.2, 0.25) is 0 Å². The summed E-state index contributed by atoms with van der Waals surface area (Å²) in [6.07, 6.45) is 2.81. The van der Waals surface area contributed by atoms with Crippen molar-refractivity contribution in [3.8, 4) is 0 Å². The molecule has 6 nitrogen and oxygen atoms in total. The molecule has 0 unspecified atom stereocenters. The first-order valence-electron chi connectivity index (χ1n) is 8.17. The Balaban J connectivity index is 1.80. The highest BCUT2D eigenvalue weighted by molar-refractivity contribution is 7.89. The predicted molar refractivity (Wildman–Crippen MR) is 87.7 cm³/mol. The Bertz CT molecular complexity index is 665. The molecule has 0 radical (unpaired) electrons. The Morgan fingerprint density at radius 1 is 1.17 bits per heavy atom. The zero-order chi connectivity index (χ0) is 16.3. The molecular weight excluding hydrogens is 314 g/mol. The van der Waals surface area contributed by atoms with Gasteiger partial charge in [0.05, 0.1) is 10.5 Å². The average Bonchev–Trinajstić information content (AvgIpc) is 2.54. The van der Waals surface area contributed by atoms with Gasteiger partial charge in [0.25, 0.3) is 5.91 Å². The van der Waals surface area contributed by atoms with Crippen LogP contribution in [0.5, 0.6) is 0 Å². The molecule has 3 rings (SSSR count). The molecule has 0 spiro atoms. The lowest BCUT2D eigenvalue weighted by molar-refractivity contribution is 0.0938. The predicted octanol–water partition coefficient (Wildman–Crippen LogP) is 0.810. The van der Waals surface area contributed by atoms with E-state index in [0.29, 0.717) is 25.6 Å². The first-order chi connectivity index (χ1) is 11.1. The van der Waals surface area contributed by atoms with Crippen molar-refractivity contribution in [2.24, 2.45) is 5.92 Å². The van der Waals surface area contributed by atoms with Gasteiger partial charge >= 0.3 is 0 Å². The fourth-order valence-electron chi connectivity index (χ4n) is 2.95. The number of hydrogen-bond donors (Lipinski definition) is 2. The van der Waals surface area contributed by atoms with Gasteiger partial charge in [-0.15, -0.1) is 0 Å². The summed E-state index contributed by atoms with van der Waals surface area (Å²) in [5.41, 5.74) is 0.241. The Morgan fingerprint density at radius 2 is 1.87 bits per heavy atom. The molecule has 1 amide bonds. The molecule has 0 aromatic heterocycles. The van der Waals surface area contributed by atoms with Crippen molar-refractivity contribution in [2.45, 2.75) is 24.2 Å². The highest BCUT2D eigenvalue weighted by atomic mass is 32.2. The van der Waals surface area contributed by atoms with E-state index in [4.69, 9.17) is 0 Å². The van der Waals surface area contributed by atoms with Gasteiger partial charge in [-0.2, -0.15) is 4.31 Å². The zero-order valence-electron chi connectivity index (χ0n) is 13.1. The molecule has 0 atom stereocenters. The minimum absolute atomic E-state index is 0.117. The largest absolute Gasteiger partial charge is 0.352 e. The van der Waals surface area contributed by atoms with Gasteiger partial charge in [0, 0.05) is 38.6 Å². The normalized spacial score (nSPS) is 20.0. The minimum Gasteiger partial charge on any atom is -0.352 e. The topological polar surface area (TPSA) is 78.5 Å². The van der Waals surface area contributed by atoms with Crippen LogP contribution in [0.4, 0.5) is 0 Å². The molecular formula is C16H23N3O3S. The van der Waals surface area contributed by atoms with Gasteiger partial charge in [0.1, 0.15) is 0 Å². The van der Waals surface area contributed by atoms with E-state index >= 15 is 0 Å². The fourth-order valence-corrected chi connectivity index (χ4v) is 4.65. The third kappa shape index (κ3) is 3.57. The van der Waals surface area contributed by atoms with E-state index < -0.39 is 10.0 Å². The van der Waals surface area contributed by atoms with Crippen molar-refractivity contribution in [1.82, 2.24) is 14.9 Å². The monoisotopic (exact) mass is 337 g/mol. The summed E-state index contributed by atoms with van der Waals surface area (Å²) >= 11 is 0. The zero-order valence-corrected chi connectivity index (χ0v) is 13.9. The van der Waals surface area contributed by atoms with Crippen LogP contribution in [-0.4, -0.2) is 51.4 Å². The van der Waals surface area contributed by atoms with Crippen LogP contribution in [0.15, 0.2) is 29.2 Å². The van der Waals surface area contributed by atoms with Crippen molar-refractivity contribution in [3.05, 3.63) is 29.8 Å². The van der Waals surface area contributed by atoms with Crippen LogP contribution in [0.25, 0.3) is 0 Å². The Labute approximate surface area is 137 Å².